The molecule has 0 radical (unpaired) electrons. The number of likely N-dealkylation sites (tertiary alicyclic amines) is 1. The summed E-state index contributed by atoms with van der Waals surface area (Å²) in [5.74, 6) is 0.495. The van der Waals surface area contributed by atoms with Gasteiger partial charge >= 0.3 is 0 Å². The molecule has 7 heteroatoms. The molecular weight excluding hydrogens is 467 g/mol. The maximum absolute atomic E-state index is 13.6. The number of amides is 1. The summed E-state index contributed by atoms with van der Waals surface area (Å²) in [6, 6.07) is 14.0. The second-order valence-electron chi connectivity index (χ2n) is 9.66. The van der Waals surface area contributed by atoms with Crippen LogP contribution in [0, 0.1) is 0 Å². The summed E-state index contributed by atoms with van der Waals surface area (Å²) in [7, 11) is 2.13. The molecule has 1 aromatic heterocycles. The van der Waals surface area contributed by atoms with E-state index < -0.39 is 0 Å². The topological polar surface area (TPSA) is 42.6 Å². The zero-order valence-corrected chi connectivity index (χ0v) is 21.2. The highest BCUT2D eigenvalue weighted by atomic mass is 35.5. The van der Waals surface area contributed by atoms with Crippen LogP contribution in [-0.4, -0.2) is 71.9 Å². The molecule has 34 heavy (non-hydrogen) atoms. The number of halogens is 2. The third-order valence-corrected chi connectivity index (χ3v) is 8.07. The molecule has 3 aromatic rings. The number of benzene rings is 2. The van der Waals surface area contributed by atoms with Crippen molar-refractivity contribution < 1.29 is 4.79 Å². The lowest BCUT2D eigenvalue weighted by Crippen LogP contribution is -2.36. The van der Waals surface area contributed by atoms with Crippen molar-refractivity contribution >= 4 is 40.0 Å². The van der Waals surface area contributed by atoms with Crippen LogP contribution in [0.25, 0.3) is 10.9 Å². The van der Waals surface area contributed by atoms with Crippen LogP contribution in [0.2, 0.25) is 10.0 Å². The fraction of sp³-hybridized carbons (Fsp3) is 0.444. The number of hydrogen-bond donors (Lipinski definition) is 1. The van der Waals surface area contributed by atoms with Crippen LogP contribution in [0.4, 0.5) is 0 Å². The van der Waals surface area contributed by atoms with Gasteiger partial charge in [0.25, 0.3) is 5.91 Å². The molecule has 3 heterocycles. The Labute approximate surface area is 211 Å². The van der Waals surface area contributed by atoms with Gasteiger partial charge in [0.05, 0.1) is 0 Å². The first-order valence-electron chi connectivity index (χ1n) is 12.2. The number of piperidine rings is 1. The number of fused-ring (bicyclic) bond motifs is 1. The Bertz CT molecular complexity index is 1150. The van der Waals surface area contributed by atoms with Crippen molar-refractivity contribution in [1.29, 1.82) is 0 Å². The Morgan fingerprint density at radius 2 is 1.68 bits per heavy atom. The molecule has 2 aliphatic heterocycles. The zero-order chi connectivity index (χ0) is 23.7. The summed E-state index contributed by atoms with van der Waals surface area (Å²) < 4.78 is 0. The van der Waals surface area contributed by atoms with E-state index in [1.807, 2.05) is 29.2 Å². The minimum Gasteiger partial charge on any atom is -0.350 e. The van der Waals surface area contributed by atoms with Crippen LogP contribution in [0.3, 0.4) is 0 Å². The molecule has 0 saturated carbocycles. The van der Waals surface area contributed by atoms with E-state index in [1.54, 1.807) is 0 Å². The van der Waals surface area contributed by atoms with Gasteiger partial charge in [0.1, 0.15) is 5.69 Å². The van der Waals surface area contributed by atoms with Crippen LogP contribution < -0.4 is 0 Å². The summed E-state index contributed by atoms with van der Waals surface area (Å²) in [6.07, 6.45) is 3.02. The molecule has 180 valence electrons. The molecular formula is C27H32Cl2N4O. The Hall–Kier alpha value is -2.05. The lowest BCUT2D eigenvalue weighted by molar-refractivity contribution is 0.0755. The molecule has 0 atom stereocenters. The molecule has 1 amide bonds. The van der Waals surface area contributed by atoms with E-state index in [4.69, 9.17) is 23.2 Å². The van der Waals surface area contributed by atoms with E-state index in [2.05, 4.69) is 40.0 Å². The molecule has 2 saturated heterocycles. The number of aromatic amines is 1. The average molecular weight is 499 g/mol. The van der Waals surface area contributed by atoms with Crippen molar-refractivity contribution in [2.45, 2.75) is 31.7 Å². The van der Waals surface area contributed by atoms with Gasteiger partial charge in [-0.05, 0) is 75.6 Å². The number of nitrogens with zero attached hydrogens (tertiary/aromatic N) is 3. The van der Waals surface area contributed by atoms with Crippen LogP contribution in [-0.2, 0) is 6.54 Å². The Balaban J connectivity index is 1.35. The summed E-state index contributed by atoms with van der Waals surface area (Å²) in [5, 5.41) is 2.67. The number of likely N-dealkylation sites (N-methyl/N-ethyl adjacent to an activating group) is 1. The lowest BCUT2D eigenvalue weighted by Gasteiger charge is -2.33. The first-order valence-corrected chi connectivity index (χ1v) is 13.0. The molecule has 0 spiro atoms. The summed E-state index contributed by atoms with van der Waals surface area (Å²) in [6.45, 7) is 6.20. The van der Waals surface area contributed by atoms with E-state index in [1.165, 1.54) is 0 Å². The van der Waals surface area contributed by atoms with E-state index in [0.29, 0.717) is 5.92 Å². The van der Waals surface area contributed by atoms with E-state index in [0.717, 1.165) is 103 Å². The highest BCUT2D eigenvalue weighted by Crippen LogP contribution is 2.38. The van der Waals surface area contributed by atoms with Gasteiger partial charge in [-0.3, -0.25) is 9.69 Å². The molecule has 0 bridgehead atoms. The number of hydrogen-bond acceptors (Lipinski definition) is 3. The molecule has 2 fully saturated rings. The van der Waals surface area contributed by atoms with Crippen molar-refractivity contribution in [3.8, 4) is 0 Å². The Morgan fingerprint density at radius 1 is 0.941 bits per heavy atom. The average Bonchev–Trinajstić information content (AvgIpc) is 3.05. The molecule has 5 nitrogen and oxygen atoms in total. The second-order valence-corrected chi connectivity index (χ2v) is 10.5. The van der Waals surface area contributed by atoms with E-state index in [9.17, 15) is 4.79 Å². The van der Waals surface area contributed by atoms with Gasteiger partial charge in [-0.25, -0.2) is 0 Å². The van der Waals surface area contributed by atoms with Gasteiger partial charge in [0.2, 0.25) is 0 Å². The molecule has 5 rings (SSSR count). The minimum atomic E-state index is 0.124. The summed E-state index contributed by atoms with van der Waals surface area (Å²) >= 11 is 13.0. The highest BCUT2D eigenvalue weighted by molar-refractivity contribution is 6.36. The largest absolute Gasteiger partial charge is 0.350 e. The van der Waals surface area contributed by atoms with Crippen LogP contribution >= 0.6 is 23.2 Å². The van der Waals surface area contributed by atoms with E-state index in [-0.39, 0.29) is 5.91 Å². The monoisotopic (exact) mass is 498 g/mol. The molecule has 0 aliphatic carbocycles. The summed E-state index contributed by atoms with van der Waals surface area (Å²) in [4.78, 5) is 23.9. The zero-order valence-electron chi connectivity index (χ0n) is 19.7. The molecule has 0 unspecified atom stereocenters. The Kier molecular flexibility index (Phi) is 7.16. The summed E-state index contributed by atoms with van der Waals surface area (Å²) in [5.41, 5.74) is 3.99. The maximum Gasteiger partial charge on any atom is 0.270 e. The number of nitrogens with one attached hydrogen (secondary N) is 1. The van der Waals surface area contributed by atoms with Crippen LogP contribution in [0.1, 0.15) is 46.8 Å². The number of para-hydroxylation sites is 1. The predicted octanol–water partition coefficient (Wildman–Crippen LogP) is 5.63. The van der Waals surface area contributed by atoms with Gasteiger partial charge in [-0.2, -0.15) is 0 Å². The molecule has 2 aliphatic rings. The number of H-pyrrole nitrogens is 1. The van der Waals surface area contributed by atoms with Gasteiger partial charge in [0, 0.05) is 52.7 Å². The third-order valence-electron chi connectivity index (χ3n) is 7.41. The van der Waals surface area contributed by atoms with Crippen LogP contribution in [0.5, 0.6) is 0 Å². The SMILES string of the molecule is CN1CCCN(C(=O)c2[nH]c3ccccc3c2CN2CCC(c3c(Cl)cccc3Cl)CC2)CC1. The number of carbonyl (C=O) groups is 1. The maximum atomic E-state index is 13.6. The Morgan fingerprint density at radius 3 is 2.44 bits per heavy atom. The van der Waals surface area contributed by atoms with Crippen molar-refractivity contribution in [1.82, 2.24) is 19.7 Å². The van der Waals surface area contributed by atoms with Crippen molar-refractivity contribution in [2.24, 2.45) is 0 Å². The van der Waals surface area contributed by atoms with Crippen molar-refractivity contribution in [3.63, 3.8) is 0 Å². The molecule has 1 N–H and O–H groups in total. The fourth-order valence-electron chi connectivity index (χ4n) is 5.46. The van der Waals surface area contributed by atoms with Gasteiger partial charge in [0.15, 0.2) is 0 Å². The smallest absolute Gasteiger partial charge is 0.270 e. The number of rotatable bonds is 4. The quantitative estimate of drug-likeness (QED) is 0.506. The number of aromatic nitrogens is 1. The van der Waals surface area contributed by atoms with Crippen molar-refractivity contribution in [3.05, 3.63) is 69.3 Å². The van der Waals surface area contributed by atoms with Gasteiger partial charge < -0.3 is 14.8 Å². The highest BCUT2D eigenvalue weighted by Gasteiger charge is 2.28. The van der Waals surface area contributed by atoms with Crippen LogP contribution in [0.15, 0.2) is 42.5 Å². The lowest BCUT2D eigenvalue weighted by atomic mass is 9.89. The standard InChI is InChI=1S/C27H32Cl2N4O/c1-31-12-5-13-33(17-16-31)27(34)26-21(20-6-2-3-9-24(20)30-26)18-32-14-10-19(11-15-32)25-22(28)7-4-8-23(25)29/h2-4,6-9,19,30H,5,10-18H2,1H3. The normalized spacial score (nSPS) is 19.0. The third kappa shape index (κ3) is 4.85. The molecule has 2 aromatic carbocycles. The second kappa shape index (κ2) is 10.3. The first kappa shape index (κ1) is 23.7. The van der Waals surface area contributed by atoms with E-state index >= 15 is 0 Å². The van der Waals surface area contributed by atoms with Gasteiger partial charge in [-0.15, -0.1) is 0 Å². The predicted molar refractivity (Wildman–Crippen MR) is 140 cm³/mol. The fourth-order valence-corrected chi connectivity index (χ4v) is 6.16. The first-order chi connectivity index (χ1) is 16.5. The minimum absolute atomic E-state index is 0.124. The van der Waals surface area contributed by atoms with Crippen molar-refractivity contribution in [2.75, 3.05) is 46.3 Å². The van der Waals surface area contributed by atoms with Gasteiger partial charge in [-0.1, -0.05) is 47.5 Å². The number of carbonyl (C=O) groups excluding carboxylic acids is 1.